The van der Waals surface area contributed by atoms with Crippen molar-refractivity contribution in [2.45, 2.75) is 53.0 Å². The van der Waals surface area contributed by atoms with Gasteiger partial charge in [0.05, 0.1) is 11.7 Å². The smallest absolute Gasteiger partial charge is 0.265 e. The second kappa shape index (κ2) is 7.17. The van der Waals surface area contributed by atoms with Gasteiger partial charge in [0.15, 0.2) is 0 Å². The number of hydrogen-bond acceptors (Lipinski definition) is 5. The van der Waals surface area contributed by atoms with Gasteiger partial charge in [-0.1, -0.05) is 45.2 Å². The first-order valence-electron chi connectivity index (χ1n) is 7.81. The molecule has 6 heteroatoms. The van der Waals surface area contributed by atoms with Gasteiger partial charge in [-0.05, 0) is 40.9 Å². The number of nitrogens with one attached hydrogen (secondary N) is 1. The first-order chi connectivity index (χ1) is 10.8. The number of carbonyl (C=O) groups excluding carboxylic acids is 1. The second-order valence-corrected chi connectivity index (χ2v) is 7.97. The zero-order valence-corrected chi connectivity index (χ0v) is 15.1. The van der Waals surface area contributed by atoms with Crippen molar-refractivity contribution in [1.29, 1.82) is 0 Å². The summed E-state index contributed by atoms with van der Waals surface area (Å²) >= 11 is 1.15. The van der Waals surface area contributed by atoms with Crippen LogP contribution in [0.2, 0.25) is 0 Å². The van der Waals surface area contributed by atoms with Crippen LogP contribution in [0.15, 0.2) is 24.5 Å². The maximum atomic E-state index is 12.7. The maximum absolute atomic E-state index is 12.7. The van der Waals surface area contributed by atoms with Crippen LogP contribution in [0.25, 0.3) is 0 Å². The Kier molecular flexibility index (Phi) is 5.46. The minimum Gasteiger partial charge on any atom is -0.344 e. The quantitative estimate of drug-likeness (QED) is 0.900. The van der Waals surface area contributed by atoms with E-state index >= 15 is 0 Å². The first kappa shape index (κ1) is 17.5. The molecule has 0 unspecified atom stereocenters. The Labute approximate surface area is 141 Å². The summed E-state index contributed by atoms with van der Waals surface area (Å²) in [6.07, 6.45) is 4.38. The standard InChI is InChI=1S/C17H24N4OS/c1-11(2)14-15(23-21-20-14)16(22)19-13(9-17(3,4)5)12-7-6-8-18-10-12/h6-8,10-11,13H,9H2,1-5H3,(H,19,22)/t13-/m1/s1. The molecule has 0 aliphatic rings. The molecule has 0 saturated carbocycles. The molecular formula is C17H24N4OS. The highest BCUT2D eigenvalue weighted by Crippen LogP contribution is 2.30. The van der Waals surface area contributed by atoms with Crippen molar-refractivity contribution in [3.63, 3.8) is 0 Å². The summed E-state index contributed by atoms with van der Waals surface area (Å²) in [7, 11) is 0. The van der Waals surface area contributed by atoms with Crippen molar-refractivity contribution in [3.05, 3.63) is 40.7 Å². The van der Waals surface area contributed by atoms with Gasteiger partial charge in [-0.25, -0.2) is 0 Å². The van der Waals surface area contributed by atoms with E-state index in [4.69, 9.17) is 0 Å². The summed E-state index contributed by atoms with van der Waals surface area (Å²) in [5, 5.41) is 7.23. The Bertz CT molecular complexity index is 646. The predicted molar refractivity (Wildman–Crippen MR) is 92.5 cm³/mol. The Hall–Kier alpha value is -1.82. The van der Waals surface area contributed by atoms with Crippen LogP contribution < -0.4 is 5.32 Å². The van der Waals surface area contributed by atoms with Gasteiger partial charge in [0, 0.05) is 12.4 Å². The SMILES string of the molecule is CC(C)c1nnsc1C(=O)N[C@H](CC(C)(C)C)c1cccnc1. The minimum absolute atomic E-state index is 0.0839. The molecule has 0 fully saturated rings. The van der Waals surface area contributed by atoms with Gasteiger partial charge < -0.3 is 5.32 Å². The van der Waals surface area contributed by atoms with Crippen LogP contribution in [0.5, 0.6) is 0 Å². The summed E-state index contributed by atoms with van der Waals surface area (Å²) in [6, 6.07) is 3.81. The van der Waals surface area contributed by atoms with Crippen LogP contribution in [0, 0.1) is 5.41 Å². The third-order valence-electron chi connectivity index (χ3n) is 3.48. The van der Waals surface area contributed by atoms with Crippen LogP contribution in [-0.4, -0.2) is 20.5 Å². The molecular weight excluding hydrogens is 308 g/mol. The molecule has 2 aromatic heterocycles. The van der Waals surface area contributed by atoms with Crippen LogP contribution in [0.3, 0.4) is 0 Å². The molecule has 124 valence electrons. The van der Waals surface area contributed by atoms with E-state index < -0.39 is 0 Å². The molecule has 0 aliphatic carbocycles. The Morgan fingerprint density at radius 3 is 2.65 bits per heavy atom. The summed E-state index contributed by atoms with van der Waals surface area (Å²) in [4.78, 5) is 17.5. The molecule has 0 spiro atoms. The highest BCUT2D eigenvalue weighted by molar-refractivity contribution is 7.08. The summed E-state index contributed by atoms with van der Waals surface area (Å²) in [5.41, 5.74) is 1.85. The fourth-order valence-corrected chi connectivity index (χ4v) is 3.13. The van der Waals surface area contributed by atoms with Gasteiger partial charge in [-0.15, -0.1) is 5.10 Å². The number of amides is 1. The zero-order valence-electron chi connectivity index (χ0n) is 14.3. The van der Waals surface area contributed by atoms with Crippen LogP contribution in [-0.2, 0) is 0 Å². The molecule has 0 bridgehead atoms. The van der Waals surface area contributed by atoms with Gasteiger partial charge in [-0.2, -0.15) is 0 Å². The monoisotopic (exact) mass is 332 g/mol. The highest BCUT2D eigenvalue weighted by atomic mass is 32.1. The van der Waals surface area contributed by atoms with E-state index in [9.17, 15) is 4.79 Å². The normalized spacial score (nSPS) is 13.1. The lowest BCUT2D eigenvalue weighted by atomic mass is 9.86. The van der Waals surface area contributed by atoms with E-state index in [1.807, 2.05) is 32.2 Å². The molecule has 0 aromatic carbocycles. The molecule has 2 aromatic rings. The third kappa shape index (κ3) is 4.82. The number of nitrogens with zero attached hydrogens (tertiary/aromatic N) is 3. The molecule has 0 saturated heterocycles. The average Bonchev–Trinajstić information content (AvgIpc) is 2.96. The van der Waals surface area contributed by atoms with E-state index in [-0.39, 0.29) is 23.3 Å². The molecule has 2 heterocycles. The number of rotatable bonds is 5. The second-order valence-electron chi connectivity index (χ2n) is 7.22. The van der Waals surface area contributed by atoms with Gasteiger partial charge in [-0.3, -0.25) is 9.78 Å². The van der Waals surface area contributed by atoms with E-state index in [0.717, 1.165) is 29.2 Å². The van der Waals surface area contributed by atoms with E-state index in [1.165, 1.54) is 0 Å². The van der Waals surface area contributed by atoms with Crippen molar-refractivity contribution in [2.24, 2.45) is 5.41 Å². The van der Waals surface area contributed by atoms with E-state index in [1.54, 1.807) is 6.20 Å². The average molecular weight is 332 g/mol. The Morgan fingerprint density at radius 1 is 1.35 bits per heavy atom. The third-order valence-corrected chi connectivity index (χ3v) is 4.22. The molecule has 1 amide bonds. The summed E-state index contributed by atoms with van der Waals surface area (Å²) < 4.78 is 3.94. The molecule has 1 N–H and O–H groups in total. The summed E-state index contributed by atoms with van der Waals surface area (Å²) in [6.45, 7) is 10.5. The Balaban J connectivity index is 2.23. The minimum atomic E-state index is -0.109. The van der Waals surface area contributed by atoms with Crippen molar-refractivity contribution >= 4 is 17.4 Å². The molecule has 23 heavy (non-hydrogen) atoms. The van der Waals surface area contributed by atoms with E-state index in [2.05, 4.69) is 40.7 Å². The highest BCUT2D eigenvalue weighted by Gasteiger charge is 2.25. The predicted octanol–water partition coefficient (Wildman–Crippen LogP) is 3.96. The molecule has 2 rings (SSSR count). The lowest BCUT2D eigenvalue weighted by Crippen LogP contribution is -2.31. The fourth-order valence-electron chi connectivity index (χ4n) is 2.40. The zero-order chi connectivity index (χ0) is 17.0. The van der Waals surface area contributed by atoms with Crippen molar-refractivity contribution < 1.29 is 4.79 Å². The van der Waals surface area contributed by atoms with Crippen molar-refractivity contribution in [3.8, 4) is 0 Å². The van der Waals surface area contributed by atoms with E-state index in [0.29, 0.717) is 4.88 Å². The fraction of sp³-hybridized carbons (Fsp3) is 0.529. The molecule has 0 aliphatic heterocycles. The van der Waals surface area contributed by atoms with Gasteiger partial charge in [0.1, 0.15) is 4.88 Å². The maximum Gasteiger partial charge on any atom is 0.265 e. The lowest BCUT2D eigenvalue weighted by Gasteiger charge is -2.27. The summed E-state index contributed by atoms with van der Waals surface area (Å²) in [5.74, 6) is 0.0655. The lowest BCUT2D eigenvalue weighted by molar-refractivity contribution is 0.0929. The number of hydrogen-bond donors (Lipinski definition) is 1. The molecule has 5 nitrogen and oxygen atoms in total. The van der Waals surface area contributed by atoms with Crippen LogP contribution >= 0.6 is 11.5 Å². The van der Waals surface area contributed by atoms with Crippen molar-refractivity contribution in [1.82, 2.24) is 19.9 Å². The Morgan fingerprint density at radius 2 is 2.09 bits per heavy atom. The molecule has 0 radical (unpaired) electrons. The largest absolute Gasteiger partial charge is 0.344 e. The van der Waals surface area contributed by atoms with Gasteiger partial charge >= 0.3 is 0 Å². The van der Waals surface area contributed by atoms with Gasteiger partial charge in [0.25, 0.3) is 5.91 Å². The number of aromatic nitrogens is 3. The first-order valence-corrected chi connectivity index (χ1v) is 8.58. The van der Waals surface area contributed by atoms with Crippen LogP contribution in [0.1, 0.15) is 73.9 Å². The number of carbonyl (C=O) groups is 1. The molecule has 1 atom stereocenters. The number of pyridine rings is 1. The topological polar surface area (TPSA) is 67.8 Å². The van der Waals surface area contributed by atoms with Gasteiger partial charge in [0.2, 0.25) is 0 Å². The van der Waals surface area contributed by atoms with Crippen LogP contribution in [0.4, 0.5) is 0 Å². The van der Waals surface area contributed by atoms with Crippen molar-refractivity contribution in [2.75, 3.05) is 0 Å².